The molecule has 0 saturated heterocycles. The maximum absolute atomic E-state index is 12.6. The summed E-state index contributed by atoms with van der Waals surface area (Å²) in [6, 6.07) is 3.93. The molecule has 0 heterocycles. The molecule has 10 heteroatoms. The summed E-state index contributed by atoms with van der Waals surface area (Å²) in [6.07, 6.45) is 0.461. The molecule has 1 atom stereocenters. The molecule has 0 bridgehead atoms. The van der Waals surface area contributed by atoms with E-state index >= 15 is 0 Å². The van der Waals surface area contributed by atoms with Crippen molar-refractivity contribution in [2.45, 2.75) is 104 Å². The van der Waals surface area contributed by atoms with E-state index in [1.54, 1.807) is 27.7 Å². The molecule has 2 N–H and O–H groups in total. The third kappa shape index (κ3) is 9.85. The molecule has 0 saturated carbocycles. The van der Waals surface area contributed by atoms with Crippen molar-refractivity contribution in [2.24, 2.45) is 0 Å². The van der Waals surface area contributed by atoms with Gasteiger partial charge in [0.15, 0.2) is 11.5 Å². The highest BCUT2D eigenvalue weighted by atomic mass is 16.8. The number of benzene rings is 1. The topological polar surface area (TPSA) is 137 Å². The number of hydrogen-bond acceptors (Lipinski definition) is 9. The fraction of sp³-hybridized carbons (Fsp3) is 0.615. The third-order valence-electron chi connectivity index (χ3n) is 5.15. The molecule has 202 valence electrons. The number of carbonyl (C=O) groups excluding carboxylic acids is 3. The normalized spacial score (nSPS) is 13.0. The Balaban J connectivity index is 3.41. The van der Waals surface area contributed by atoms with Crippen LogP contribution in [-0.2, 0) is 30.3 Å². The zero-order valence-corrected chi connectivity index (χ0v) is 22.3. The lowest BCUT2D eigenvalue weighted by Crippen LogP contribution is -2.59. The molecule has 0 radical (unpaired) electrons. The van der Waals surface area contributed by atoms with Crippen LogP contribution in [0, 0.1) is 0 Å². The Kier molecular flexibility index (Phi) is 11.9. The number of hydrogen-bond donors (Lipinski definition) is 2. The van der Waals surface area contributed by atoms with Crippen LogP contribution in [0.25, 0.3) is 0 Å². The molecule has 0 amide bonds. The summed E-state index contributed by atoms with van der Waals surface area (Å²) in [6.45, 7) is 12.2. The molecular formula is C26H39NO9. The number of nitrogens with one attached hydrogen (secondary N) is 1. The molecule has 1 rings (SSSR count). The van der Waals surface area contributed by atoms with E-state index in [2.05, 4.69) is 5.32 Å². The van der Waals surface area contributed by atoms with Gasteiger partial charge in [-0.05, 0) is 64.7 Å². The summed E-state index contributed by atoms with van der Waals surface area (Å²) in [5, 5.41) is 12.9. The van der Waals surface area contributed by atoms with E-state index in [9.17, 15) is 24.3 Å². The predicted octanol–water partition coefficient (Wildman–Crippen LogP) is 4.76. The first-order chi connectivity index (χ1) is 16.8. The molecule has 10 nitrogen and oxygen atoms in total. The van der Waals surface area contributed by atoms with Crippen molar-refractivity contribution in [3.8, 4) is 11.5 Å². The quantitative estimate of drug-likeness (QED) is 0.205. The highest BCUT2D eigenvalue weighted by Crippen LogP contribution is 2.32. The first kappa shape index (κ1) is 30.9. The second-order valence-electron chi connectivity index (χ2n) is 9.40. The van der Waals surface area contributed by atoms with Crippen LogP contribution in [0.4, 0.5) is 4.79 Å². The highest BCUT2D eigenvalue weighted by Gasteiger charge is 2.45. The number of aliphatic carboxylic acids is 1. The van der Waals surface area contributed by atoms with Crippen molar-refractivity contribution in [2.75, 3.05) is 0 Å². The van der Waals surface area contributed by atoms with Gasteiger partial charge in [-0.25, -0.2) is 9.59 Å². The van der Waals surface area contributed by atoms with Crippen molar-refractivity contribution in [1.29, 1.82) is 0 Å². The van der Waals surface area contributed by atoms with Crippen LogP contribution in [0.15, 0.2) is 18.2 Å². The average molecular weight is 510 g/mol. The van der Waals surface area contributed by atoms with Gasteiger partial charge in [0, 0.05) is 25.3 Å². The van der Waals surface area contributed by atoms with Gasteiger partial charge < -0.3 is 24.1 Å². The van der Waals surface area contributed by atoms with E-state index in [0.29, 0.717) is 24.8 Å². The fourth-order valence-electron chi connectivity index (χ4n) is 3.09. The maximum Gasteiger partial charge on any atom is 0.511 e. The highest BCUT2D eigenvalue weighted by molar-refractivity contribution is 5.81. The molecule has 0 aromatic heterocycles. The van der Waals surface area contributed by atoms with Crippen molar-refractivity contribution in [3.63, 3.8) is 0 Å². The molecule has 0 aliphatic carbocycles. The van der Waals surface area contributed by atoms with Gasteiger partial charge in [0.25, 0.3) is 5.72 Å². The largest absolute Gasteiger partial charge is 0.511 e. The first-order valence-electron chi connectivity index (χ1n) is 12.2. The van der Waals surface area contributed by atoms with Crippen LogP contribution in [0.1, 0.15) is 86.1 Å². The van der Waals surface area contributed by atoms with Crippen LogP contribution < -0.4 is 14.8 Å². The Morgan fingerprint density at radius 1 is 0.917 bits per heavy atom. The van der Waals surface area contributed by atoms with Gasteiger partial charge in [-0.15, -0.1) is 0 Å². The van der Waals surface area contributed by atoms with E-state index in [-0.39, 0.29) is 36.8 Å². The summed E-state index contributed by atoms with van der Waals surface area (Å²) >= 11 is 0. The van der Waals surface area contributed by atoms with Gasteiger partial charge in [0.1, 0.15) is 5.60 Å². The predicted molar refractivity (Wildman–Crippen MR) is 132 cm³/mol. The van der Waals surface area contributed by atoms with Crippen LogP contribution in [-0.4, -0.2) is 46.5 Å². The van der Waals surface area contributed by atoms with Crippen LogP contribution in [0.3, 0.4) is 0 Å². The Morgan fingerprint density at radius 3 is 1.94 bits per heavy atom. The first-order valence-corrected chi connectivity index (χ1v) is 12.2. The Morgan fingerprint density at radius 2 is 1.47 bits per heavy atom. The summed E-state index contributed by atoms with van der Waals surface area (Å²) < 4.78 is 21.4. The average Bonchev–Trinajstić information content (AvgIpc) is 2.74. The zero-order valence-electron chi connectivity index (χ0n) is 22.3. The van der Waals surface area contributed by atoms with Crippen LogP contribution in [0.5, 0.6) is 11.5 Å². The minimum absolute atomic E-state index is 0.0319. The number of rotatable bonds is 14. The molecule has 0 fully saturated rings. The van der Waals surface area contributed by atoms with Gasteiger partial charge in [0.05, 0.1) is 0 Å². The van der Waals surface area contributed by atoms with Gasteiger partial charge in [-0.2, -0.15) is 0 Å². The van der Waals surface area contributed by atoms with E-state index in [0.717, 1.165) is 0 Å². The van der Waals surface area contributed by atoms with Gasteiger partial charge in [-0.1, -0.05) is 26.8 Å². The number of ether oxygens (including phenoxy) is 4. The number of carbonyl (C=O) groups is 4. The van der Waals surface area contributed by atoms with Gasteiger partial charge in [0.2, 0.25) is 0 Å². The molecule has 1 aromatic rings. The molecular weight excluding hydrogens is 470 g/mol. The van der Waals surface area contributed by atoms with Crippen molar-refractivity contribution in [3.05, 3.63) is 23.8 Å². The standard InChI is InChI=1S/C26H39NO9/c1-8-11-21(28)33-19-14-13-18(15-20(19)34-22(29)12-9-2)16-26(23(30)31,27-17(4)5)36-24(32)35-25(6,7)10-3/h13-15,17,27H,8-12,16H2,1-7H3,(H,30,31)/t26-/m0/s1. The monoisotopic (exact) mass is 509 g/mol. The van der Waals surface area contributed by atoms with Crippen LogP contribution in [0.2, 0.25) is 0 Å². The van der Waals surface area contributed by atoms with Crippen LogP contribution >= 0.6 is 0 Å². The second-order valence-corrected chi connectivity index (χ2v) is 9.40. The molecule has 0 unspecified atom stereocenters. The Hall–Kier alpha value is -3.14. The van der Waals surface area contributed by atoms with Crippen molar-refractivity contribution >= 4 is 24.1 Å². The lowest BCUT2D eigenvalue weighted by molar-refractivity contribution is -0.169. The minimum Gasteiger partial charge on any atom is -0.477 e. The number of carboxylic acids is 1. The SMILES string of the molecule is CCCC(=O)Oc1ccc(C[C@](NC(C)C)(OC(=O)OC(C)(C)CC)C(=O)O)cc1OC(=O)CCC. The number of esters is 2. The lowest BCUT2D eigenvalue weighted by Gasteiger charge is -2.33. The third-order valence-corrected chi connectivity index (χ3v) is 5.15. The minimum atomic E-state index is -2.18. The summed E-state index contributed by atoms with van der Waals surface area (Å²) in [7, 11) is 0. The Labute approximate surface area is 212 Å². The fourth-order valence-corrected chi connectivity index (χ4v) is 3.09. The second kappa shape index (κ2) is 13.8. The molecule has 0 aliphatic rings. The van der Waals surface area contributed by atoms with E-state index in [4.69, 9.17) is 18.9 Å². The van der Waals surface area contributed by atoms with Gasteiger partial charge in [-0.3, -0.25) is 14.9 Å². The number of carboxylic acid groups (broad SMARTS) is 1. The summed E-state index contributed by atoms with van der Waals surface area (Å²) in [4.78, 5) is 49.2. The van der Waals surface area contributed by atoms with E-state index < -0.39 is 35.4 Å². The smallest absolute Gasteiger partial charge is 0.477 e. The molecule has 1 aromatic carbocycles. The van der Waals surface area contributed by atoms with Crippen molar-refractivity contribution < 1.29 is 43.2 Å². The van der Waals surface area contributed by atoms with E-state index in [1.807, 2.05) is 20.8 Å². The van der Waals surface area contributed by atoms with E-state index in [1.165, 1.54) is 18.2 Å². The Bertz CT molecular complexity index is 926. The molecule has 36 heavy (non-hydrogen) atoms. The molecule has 0 aliphatic heterocycles. The van der Waals surface area contributed by atoms with Crippen molar-refractivity contribution in [1.82, 2.24) is 5.32 Å². The lowest BCUT2D eigenvalue weighted by atomic mass is 10.0. The summed E-state index contributed by atoms with van der Waals surface area (Å²) in [5.41, 5.74) is -2.69. The maximum atomic E-state index is 12.6. The van der Waals surface area contributed by atoms with Gasteiger partial charge >= 0.3 is 24.1 Å². The molecule has 0 spiro atoms. The summed E-state index contributed by atoms with van der Waals surface area (Å²) in [5.74, 6) is -2.47. The zero-order chi connectivity index (χ0) is 27.5.